The molecule has 1 aromatic carbocycles. The first kappa shape index (κ1) is 21.9. The van der Waals surface area contributed by atoms with E-state index in [9.17, 15) is 18.5 Å². The molecule has 0 aliphatic carbocycles. The van der Waals surface area contributed by atoms with Crippen molar-refractivity contribution >= 4 is 27.2 Å². The van der Waals surface area contributed by atoms with Gasteiger partial charge in [-0.1, -0.05) is 0 Å². The Kier molecular flexibility index (Phi) is 6.22. The number of aromatic nitrogens is 1. The highest BCUT2D eigenvalue weighted by molar-refractivity contribution is 7.89. The van der Waals surface area contributed by atoms with Gasteiger partial charge >= 0.3 is 0 Å². The van der Waals surface area contributed by atoms with Crippen molar-refractivity contribution in [2.45, 2.75) is 4.90 Å². The molecule has 12 heteroatoms. The Morgan fingerprint density at radius 3 is 2.38 bits per heavy atom. The van der Waals surface area contributed by atoms with Crippen molar-refractivity contribution < 1.29 is 18.1 Å². The van der Waals surface area contributed by atoms with Crippen molar-refractivity contribution in [3.05, 3.63) is 52.2 Å². The molecule has 4 rings (SSSR count). The second kappa shape index (κ2) is 9.07. The van der Waals surface area contributed by atoms with Crippen LogP contribution in [0.5, 0.6) is 0 Å². The Balaban J connectivity index is 1.54. The third-order valence-corrected chi connectivity index (χ3v) is 7.46. The number of hydrogen-bond donors (Lipinski definition) is 0. The van der Waals surface area contributed by atoms with Crippen LogP contribution < -0.4 is 9.80 Å². The van der Waals surface area contributed by atoms with Crippen LogP contribution in [-0.2, 0) is 14.8 Å². The van der Waals surface area contributed by atoms with E-state index in [0.717, 1.165) is 6.07 Å². The summed E-state index contributed by atoms with van der Waals surface area (Å²) >= 11 is 0. The summed E-state index contributed by atoms with van der Waals surface area (Å²) in [6.07, 6.45) is 1.58. The molecule has 0 saturated carbocycles. The lowest BCUT2D eigenvalue weighted by Gasteiger charge is -2.36. The molecule has 2 saturated heterocycles. The van der Waals surface area contributed by atoms with Crippen LogP contribution in [0, 0.1) is 21.4 Å². The third kappa shape index (κ3) is 4.36. The Bertz CT molecular complexity index is 1150. The van der Waals surface area contributed by atoms with Gasteiger partial charge in [-0.15, -0.1) is 0 Å². The van der Waals surface area contributed by atoms with E-state index in [1.807, 2.05) is 9.80 Å². The van der Waals surface area contributed by atoms with Crippen molar-refractivity contribution in [1.29, 1.82) is 5.26 Å². The molecule has 2 aromatic rings. The summed E-state index contributed by atoms with van der Waals surface area (Å²) in [6, 6.07) is 9.52. The molecule has 2 fully saturated rings. The summed E-state index contributed by atoms with van der Waals surface area (Å²) < 4.78 is 32.3. The van der Waals surface area contributed by atoms with Crippen molar-refractivity contribution in [3.63, 3.8) is 0 Å². The Labute approximate surface area is 185 Å². The summed E-state index contributed by atoms with van der Waals surface area (Å²) in [4.78, 5) is 19.3. The lowest BCUT2D eigenvalue weighted by atomic mass is 10.2. The molecule has 0 spiro atoms. The lowest BCUT2D eigenvalue weighted by Crippen LogP contribution is -2.47. The predicted octanol–water partition coefficient (Wildman–Crippen LogP) is 1.21. The van der Waals surface area contributed by atoms with Crippen molar-refractivity contribution in [2.75, 3.05) is 62.3 Å². The fraction of sp³-hybridized carbons (Fsp3) is 0.400. The highest BCUT2D eigenvalue weighted by atomic mass is 32.2. The minimum atomic E-state index is -3.83. The molecule has 1 aromatic heterocycles. The van der Waals surface area contributed by atoms with Gasteiger partial charge in [0.1, 0.15) is 11.5 Å². The van der Waals surface area contributed by atoms with Gasteiger partial charge in [0.25, 0.3) is 5.69 Å². The van der Waals surface area contributed by atoms with Crippen LogP contribution in [-0.4, -0.2) is 75.1 Å². The quantitative estimate of drug-likeness (QED) is 0.479. The van der Waals surface area contributed by atoms with E-state index in [0.29, 0.717) is 56.5 Å². The molecule has 2 aliphatic rings. The number of morpholine rings is 1. The van der Waals surface area contributed by atoms with Crippen molar-refractivity contribution in [2.24, 2.45) is 0 Å². The van der Waals surface area contributed by atoms with Crippen molar-refractivity contribution in [3.8, 4) is 6.07 Å². The van der Waals surface area contributed by atoms with Crippen LogP contribution in [0.4, 0.5) is 17.2 Å². The predicted molar refractivity (Wildman–Crippen MR) is 116 cm³/mol. The van der Waals surface area contributed by atoms with Crippen LogP contribution in [0.2, 0.25) is 0 Å². The molecule has 0 amide bonds. The average Bonchev–Trinajstić information content (AvgIpc) is 2.84. The number of sulfonamides is 1. The van der Waals surface area contributed by atoms with Crippen LogP contribution in [0.1, 0.15) is 5.56 Å². The second-order valence-electron chi connectivity index (χ2n) is 7.41. The van der Waals surface area contributed by atoms with E-state index in [4.69, 9.17) is 10.00 Å². The number of piperazine rings is 1. The molecule has 2 aliphatic heterocycles. The van der Waals surface area contributed by atoms with E-state index in [1.54, 1.807) is 18.3 Å². The lowest BCUT2D eigenvalue weighted by molar-refractivity contribution is -0.384. The van der Waals surface area contributed by atoms with E-state index >= 15 is 0 Å². The maximum atomic E-state index is 12.9. The number of rotatable bonds is 5. The van der Waals surface area contributed by atoms with Gasteiger partial charge in [-0.2, -0.15) is 9.57 Å². The monoisotopic (exact) mass is 458 g/mol. The minimum absolute atomic E-state index is 0.0917. The number of nitrogens with zero attached hydrogens (tertiary/aromatic N) is 6. The zero-order chi connectivity index (χ0) is 22.7. The first-order valence-electron chi connectivity index (χ1n) is 10.1. The van der Waals surface area contributed by atoms with E-state index < -0.39 is 14.9 Å². The smallest absolute Gasteiger partial charge is 0.293 e. The van der Waals surface area contributed by atoms with Gasteiger partial charge in [0.2, 0.25) is 10.0 Å². The van der Waals surface area contributed by atoms with Gasteiger partial charge < -0.3 is 14.5 Å². The minimum Gasteiger partial charge on any atom is -0.379 e. The van der Waals surface area contributed by atoms with Gasteiger partial charge in [0.15, 0.2) is 0 Å². The fourth-order valence-corrected chi connectivity index (χ4v) is 5.28. The summed E-state index contributed by atoms with van der Waals surface area (Å²) in [7, 11) is -3.83. The number of hydrogen-bond acceptors (Lipinski definition) is 9. The molecule has 32 heavy (non-hydrogen) atoms. The van der Waals surface area contributed by atoms with E-state index in [-0.39, 0.29) is 23.7 Å². The van der Waals surface area contributed by atoms with E-state index in [1.165, 1.54) is 16.4 Å². The number of benzene rings is 1. The molecule has 0 unspecified atom stereocenters. The number of ether oxygens (including phenoxy) is 1. The van der Waals surface area contributed by atoms with Crippen LogP contribution in [0.15, 0.2) is 41.4 Å². The Hall–Kier alpha value is -3.27. The summed E-state index contributed by atoms with van der Waals surface area (Å²) in [6.45, 7) is 3.16. The first-order chi connectivity index (χ1) is 15.4. The molecule has 0 N–H and O–H groups in total. The third-order valence-electron chi connectivity index (χ3n) is 5.57. The van der Waals surface area contributed by atoms with Crippen LogP contribution in [0.25, 0.3) is 0 Å². The molecule has 0 bridgehead atoms. The molecular formula is C20H22N6O5S. The highest BCUT2D eigenvalue weighted by Gasteiger charge is 2.31. The van der Waals surface area contributed by atoms with Gasteiger partial charge in [-0.05, 0) is 24.3 Å². The molecule has 11 nitrogen and oxygen atoms in total. The maximum Gasteiger partial charge on any atom is 0.293 e. The molecular weight excluding hydrogens is 436 g/mol. The number of anilines is 2. The second-order valence-corrected chi connectivity index (χ2v) is 9.35. The summed E-state index contributed by atoms with van der Waals surface area (Å²) in [5, 5.41) is 20.9. The summed E-state index contributed by atoms with van der Waals surface area (Å²) in [5.74, 6) is 0.685. The maximum absolute atomic E-state index is 12.9. The topological polar surface area (TPSA) is 133 Å². The largest absolute Gasteiger partial charge is 0.379 e. The Morgan fingerprint density at radius 2 is 1.72 bits per heavy atom. The zero-order valence-corrected chi connectivity index (χ0v) is 18.1. The number of nitro groups is 1. The zero-order valence-electron chi connectivity index (χ0n) is 17.3. The fourth-order valence-electron chi connectivity index (χ4n) is 3.85. The Morgan fingerprint density at radius 1 is 1.03 bits per heavy atom. The van der Waals surface area contributed by atoms with Gasteiger partial charge in [0, 0.05) is 51.5 Å². The number of pyridine rings is 1. The average molecular weight is 459 g/mol. The SMILES string of the molecule is N#Cc1ccnc(N2CCN(c3ccc(S(=O)(=O)N4CCOCC4)cc3[N+](=O)[O-])CC2)c1. The molecule has 0 atom stereocenters. The normalized spacial score (nSPS) is 17.7. The van der Waals surface area contributed by atoms with E-state index in [2.05, 4.69) is 11.1 Å². The van der Waals surface area contributed by atoms with Gasteiger partial charge in [0.05, 0.1) is 34.7 Å². The number of nitro benzene ring substituents is 1. The molecule has 168 valence electrons. The summed E-state index contributed by atoms with van der Waals surface area (Å²) in [5.41, 5.74) is 0.664. The van der Waals surface area contributed by atoms with Crippen LogP contribution >= 0.6 is 0 Å². The standard InChI is InChI=1S/C20H22N6O5S/c21-15-16-3-4-22-20(13-16)24-7-5-23(6-8-24)18-2-1-17(14-19(18)26(27)28)32(29,30)25-9-11-31-12-10-25/h1-4,13-14H,5-12H2. The first-order valence-corrected chi connectivity index (χ1v) is 11.6. The highest BCUT2D eigenvalue weighted by Crippen LogP contribution is 2.33. The van der Waals surface area contributed by atoms with Crippen LogP contribution in [0.3, 0.4) is 0 Å². The van der Waals surface area contributed by atoms with Gasteiger partial charge in [-0.25, -0.2) is 13.4 Å². The van der Waals surface area contributed by atoms with Crippen molar-refractivity contribution in [1.82, 2.24) is 9.29 Å². The molecule has 3 heterocycles. The number of nitriles is 1. The molecule has 0 radical (unpaired) electrons. The van der Waals surface area contributed by atoms with Gasteiger partial charge in [-0.3, -0.25) is 10.1 Å².